The SMILES string of the molecule is CCCCCC(NCC1CCOCC1)c1ccccc1. The van der Waals surface area contributed by atoms with Crippen molar-refractivity contribution < 1.29 is 4.74 Å². The number of hydrogen-bond donors (Lipinski definition) is 1. The third-order valence-electron chi connectivity index (χ3n) is 4.29. The van der Waals surface area contributed by atoms with Gasteiger partial charge in [-0.05, 0) is 37.3 Å². The van der Waals surface area contributed by atoms with Crippen LogP contribution in [0.4, 0.5) is 0 Å². The zero-order chi connectivity index (χ0) is 14.0. The van der Waals surface area contributed by atoms with E-state index in [1.165, 1.54) is 44.1 Å². The van der Waals surface area contributed by atoms with E-state index in [0.29, 0.717) is 6.04 Å². The van der Waals surface area contributed by atoms with Crippen molar-refractivity contribution in [1.29, 1.82) is 0 Å². The molecule has 1 saturated heterocycles. The van der Waals surface area contributed by atoms with Crippen molar-refractivity contribution in [2.45, 2.75) is 51.5 Å². The van der Waals surface area contributed by atoms with Gasteiger partial charge in [0.1, 0.15) is 0 Å². The molecule has 0 aromatic heterocycles. The molecule has 0 aliphatic carbocycles. The van der Waals surface area contributed by atoms with Crippen molar-refractivity contribution >= 4 is 0 Å². The van der Waals surface area contributed by atoms with Crippen LogP contribution in [0.2, 0.25) is 0 Å². The third kappa shape index (κ3) is 5.26. The van der Waals surface area contributed by atoms with Crippen LogP contribution in [0.1, 0.15) is 57.1 Å². The van der Waals surface area contributed by atoms with E-state index in [9.17, 15) is 0 Å². The van der Waals surface area contributed by atoms with Gasteiger partial charge in [-0.3, -0.25) is 0 Å². The fourth-order valence-electron chi connectivity index (χ4n) is 2.93. The average molecular weight is 275 g/mol. The number of hydrogen-bond acceptors (Lipinski definition) is 2. The first-order valence-corrected chi connectivity index (χ1v) is 8.26. The molecule has 1 aliphatic heterocycles. The predicted molar refractivity (Wildman–Crippen MR) is 84.9 cm³/mol. The van der Waals surface area contributed by atoms with E-state index in [1.54, 1.807) is 0 Å². The third-order valence-corrected chi connectivity index (χ3v) is 4.29. The zero-order valence-corrected chi connectivity index (χ0v) is 12.8. The second-order valence-corrected chi connectivity index (χ2v) is 5.92. The topological polar surface area (TPSA) is 21.3 Å². The summed E-state index contributed by atoms with van der Waals surface area (Å²) in [6, 6.07) is 11.4. The molecule has 1 aliphatic rings. The molecule has 0 spiro atoms. The Morgan fingerprint density at radius 2 is 1.90 bits per heavy atom. The molecule has 1 fully saturated rings. The van der Waals surface area contributed by atoms with Crippen LogP contribution < -0.4 is 5.32 Å². The lowest BCUT2D eigenvalue weighted by Gasteiger charge is -2.26. The fraction of sp³-hybridized carbons (Fsp3) is 0.667. The lowest BCUT2D eigenvalue weighted by atomic mass is 9.97. The zero-order valence-electron chi connectivity index (χ0n) is 12.8. The summed E-state index contributed by atoms with van der Waals surface area (Å²) in [6.45, 7) is 5.29. The minimum absolute atomic E-state index is 0.519. The van der Waals surface area contributed by atoms with Crippen LogP contribution in [0.3, 0.4) is 0 Å². The van der Waals surface area contributed by atoms with Gasteiger partial charge in [-0.2, -0.15) is 0 Å². The molecule has 112 valence electrons. The van der Waals surface area contributed by atoms with Crippen molar-refractivity contribution in [1.82, 2.24) is 5.32 Å². The van der Waals surface area contributed by atoms with E-state index >= 15 is 0 Å². The van der Waals surface area contributed by atoms with Gasteiger partial charge >= 0.3 is 0 Å². The monoisotopic (exact) mass is 275 g/mol. The molecule has 2 nitrogen and oxygen atoms in total. The van der Waals surface area contributed by atoms with Gasteiger partial charge in [-0.15, -0.1) is 0 Å². The Labute approximate surface area is 123 Å². The van der Waals surface area contributed by atoms with Gasteiger partial charge in [0.15, 0.2) is 0 Å². The van der Waals surface area contributed by atoms with E-state index in [2.05, 4.69) is 42.6 Å². The van der Waals surface area contributed by atoms with Gasteiger partial charge in [-0.25, -0.2) is 0 Å². The Bertz CT molecular complexity index is 346. The Balaban J connectivity index is 1.84. The van der Waals surface area contributed by atoms with Crippen molar-refractivity contribution in [3.05, 3.63) is 35.9 Å². The first-order chi connectivity index (χ1) is 9.90. The highest BCUT2D eigenvalue weighted by molar-refractivity contribution is 5.18. The Morgan fingerprint density at radius 1 is 1.15 bits per heavy atom. The van der Waals surface area contributed by atoms with E-state index in [1.807, 2.05) is 0 Å². The van der Waals surface area contributed by atoms with Crippen molar-refractivity contribution in [3.8, 4) is 0 Å². The highest BCUT2D eigenvalue weighted by atomic mass is 16.5. The van der Waals surface area contributed by atoms with Crippen LogP contribution in [-0.4, -0.2) is 19.8 Å². The van der Waals surface area contributed by atoms with E-state index < -0.39 is 0 Å². The maximum atomic E-state index is 5.44. The standard InChI is InChI=1S/C18H29NO/c1-2-3-5-10-18(17-8-6-4-7-9-17)19-15-16-11-13-20-14-12-16/h4,6-9,16,18-19H,2-3,5,10-15H2,1H3. The molecule has 20 heavy (non-hydrogen) atoms. The Hall–Kier alpha value is -0.860. The Morgan fingerprint density at radius 3 is 2.60 bits per heavy atom. The fourth-order valence-corrected chi connectivity index (χ4v) is 2.93. The molecule has 2 heteroatoms. The first-order valence-electron chi connectivity index (χ1n) is 8.26. The molecule has 0 amide bonds. The normalized spacial score (nSPS) is 18.1. The van der Waals surface area contributed by atoms with Crippen LogP contribution in [-0.2, 0) is 4.74 Å². The summed E-state index contributed by atoms with van der Waals surface area (Å²) in [5.74, 6) is 0.793. The van der Waals surface area contributed by atoms with E-state index in [0.717, 1.165) is 25.7 Å². The van der Waals surface area contributed by atoms with Crippen LogP contribution in [0, 0.1) is 5.92 Å². The summed E-state index contributed by atoms with van der Waals surface area (Å²) in [7, 11) is 0. The minimum Gasteiger partial charge on any atom is -0.381 e. The van der Waals surface area contributed by atoms with Crippen LogP contribution in [0.5, 0.6) is 0 Å². The van der Waals surface area contributed by atoms with Crippen LogP contribution >= 0.6 is 0 Å². The maximum Gasteiger partial charge on any atom is 0.0469 e. The molecule has 1 aromatic rings. The molecule has 1 heterocycles. The highest BCUT2D eigenvalue weighted by Crippen LogP contribution is 2.21. The second-order valence-electron chi connectivity index (χ2n) is 5.92. The lowest BCUT2D eigenvalue weighted by molar-refractivity contribution is 0.0653. The summed E-state index contributed by atoms with van der Waals surface area (Å²) in [6.07, 6.45) is 7.62. The van der Waals surface area contributed by atoms with Gasteiger partial charge in [0.25, 0.3) is 0 Å². The second kappa shape index (κ2) is 9.15. The quantitative estimate of drug-likeness (QED) is 0.713. The van der Waals surface area contributed by atoms with Crippen molar-refractivity contribution in [2.75, 3.05) is 19.8 Å². The van der Waals surface area contributed by atoms with Gasteiger partial charge in [0.05, 0.1) is 0 Å². The highest BCUT2D eigenvalue weighted by Gasteiger charge is 2.16. The summed E-state index contributed by atoms with van der Waals surface area (Å²) in [5, 5.41) is 3.81. The maximum absolute atomic E-state index is 5.44. The predicted octanol–water partition coefficient (Wildman–Crippen LogP) is 4.32. The van der Waals surface area contributed by atoms with Crippen LogP contribution in [0.15, 0.2) is 30.3 Å². The molecule has 1 aromatic carbocycles. The van der Waals surface area contributed by atoms with Crippen LogP contribution in [0.25, 0.3) is 0 Å². The summed E-state index contributed by atoms with van der Waals surface area (Å²) in [4.78, 5) is 0. The molecular formula is C18H29NO. The number of unbranched alkanes of at least 4 members (excludes halogenated alkanes) is 2. The lowest BCUT2D eigenvalue weighted by Crippen LogP contribution is -2.30. The van der Waals surface area contributed by atoms with Gasteiger partial charge in [0.2, 0.25) is 0 Å². The van der Waals surface area contributed by atoms with Gasteiger partial charge in [-0.1, -0.05) is 56.5 Å². The van der Waals surface area contributed by atoms with Gasteiger partial charge < -0.3 is 10.1 Å². The molecule has 2 rings (SSSR count). The minimum atomic E-state index is 0.519. The van der Waals surface area contributed by atoms with Gasteiger partial charge in [0, 0.05) is 19.3 Å². The molecule has 1 N–H and O–H groups in total. The number of benzene rings is 1. The number of rotatable bonds is 8. The summed E-state index contributed by atoms with van der Waals surface area (Å²) in [5.41, 5.74) is 1.44. The smallest absolute Gasteiger partial charge is 0.0469 e. The largest absolute Gasteiger partial charge is 0.381 e. The Kier molecular flexibility index (Phi) is 7.10. The molecular weight excluding hydrogens is 246 g/mol. The molecule has 1 atom stereocenters. The molecule has 0 radical (unpaired) electrons. The number of nitrogens with one attached hydrogen (secondary N) is 1. The molecule has 0 saturated carbocycles. The van der Waals surface area contributed by atoms with E-state index in [-0.39, 0.29) is 0 Å². The summed E-state index contributed by atoms with van der Waals surface area (Å²) >= 11 is 0. The average Bonchev–Trinajstić information content (AvgIpc) is 2.52. The van der Waals surface area contributed by atoms with Crippen molar-refractivity contribution in [2.24, 2.45) is 5.92 Å². The number of ether oxygens (including phenoxy) is 1. The molecule has 0 bridgehead atoms. The summed E-state index contributed by atoms with van der Waals surface area (Å²) < 4.78 is 5.44. The van der Waals surface area contributed by atoms with Crippen molar-refractivity contribution in [3.63, 3.8) is 0 Å². The first kappa shape index (κ1) is 15.5. The van der Waals surface area contributed by atoms with E-state index in [4.69, 9.17) is 4.74 Å². The molecule has 1 unspecified atom stereocenters.